The molecular formula is C25H25FN2O2. The molecular weight excluding hydrogens is 379 g/mol. The summed E-state index contributed by atoms with van der Waals surface area (Å²) in [7, 11) is 0. The first-order chi connectivity index (χ1) is 14.6. The van der Waals surface area contributed by atoms with E-state index in [2.05, 4.69) is 23.2 Å². The van der Waals surface area contributed by atoms with Crippen LogP contribution < -0.4 is 0 Å². The number of carboxylic acid groups (broad SMARTS) is 1. The monoisotopic (exact) mass is 404 g/mol. The molecule has 0 amide bonds. The van der Waals surface area contributed by atoms with Gasteiger partial charge in [-0.3, -0.25) is 14.7 Å². The average molecular weight is 404 g/mol. The largest absolute Gasteiger partial charge is 0.481 e. The minimum atomic E-state index is -0.755. The van der Waals surface area contributed by atoms with Gasteiger partial charge in [-0.05, 0) is 53.6 Å². The zero-order chi connectivity index (χ0) is 20.9. The second-order valence-corrected chi connectivity index (χ2v) is 7.98. The summed E-state index contributed by atoms with van der Waals surface area (Å²) in [5.74, 6) is -1.25. The summed E-state index contributed by atoms with van der Waals surface area (Å²) in [6.45, 7) is 1.65. The van der Waals surface area contributed by atoms with Gasteiger partial charge in [-0.15, -0.1) is 0 Å². The second kappa shape index (κ2) is 9.18. The van der Waals surface area contributed by atoms with E-state index in [-0.39, 0.29) is 11.7 Å². The van der Waals surface area contributed by atoms with Gasteiger partial charge in [0, 0.05) is 31.5 Å². The predicted molar refractivity (Wildman–Crippen MR) is 114 cm³/mol. The Morgan fingerprint density at radius 3 is 2.43 bits per heavy atom. The van der Waals surface area contributed by atoms with Crippen molar-refractivity contribution in [3.63, 3.8) is 0 Å². The Balaban J connectivity index is 1.29. The lowest BCUT2D eigenvalue weighted by Crippen LogP contribution is -2.49. The van der Waals surface area contributed by atoms with Gasteiger partial charge < -0.3 is 5.11 Å². The molecule has 1 aromatic heterocycles. The van der Waals surface area contributed by atoms with Gasteiger partial charge in [-0.2, -0.15) is 0 Å². The SMILES string of the molecule is O=C(O)C1CN(Cc2ccc(CCc3ccc(Cc4ccccc4)cn3)c(F)c2)C1. The van der Waals surface area contributed by atoms with Gasteiger partial charge in [-0.1, -0.05) is 48.5 Å². The molecule has 1 aliphatic heterocycles. The normalized spacial score (nSPS) is 14.4. The number of carboxylic acids is 1. The summed E-state index contributed by atoms with van der Waals surface area (Å²) in [5.41, 5.74) is 4.93. The number of rotatable bonds is 8. The number of benzene rings is 2. The number of halogens is 1. The van der Waals surface area contributed by atoms with Crippen LogP contribution in [0.3, 0.4) is 0 Å². The van der Waals surface area contributed by atoms with Gasteiger partial charge in [0.1, 0.15) is 5.82 Å². The van der Waals surface area contributed by atoms with Gasteiger partial charge in [0.25, 0.3) is 0 Å². The van der Waals surface area contributed by atoms with E-state index in [1.165, 1.54) is 5.56 Å². The summed E-state index contributed by atoms with van der Waals surface area (Å²) in [6, 6.07) is 19.7. The summed E-state index contributed by atoms with van der Waals surface area (Å²) in [4.78, 5) is 17.4. The molecule has 0 bridgehead atoms. The topological polar surface area (TPSA) is 53.4 Å². The van der Waals surface area contributed by atoms with Crippen LogP contribution in [-0.4, -0.2) is 34.0 Å². The fourth-order valence-corrected chi connectivity index (χ4v) is 3.81. The lowest BCUT2D eigenvalue weighted by molar-refractivity contribution is -0.147. The zero-order valence-corrected chi connectivity index (χ0v) is 16.8. The number of hydrogen-bond acceptors (Lipinski definition) is 3. The van der Waals surface area contributed by atoms with Crippen LogP contribution >= 0.6 is 0 Å². The number of nitrogens with zero attached hydrogens (tertiary/aromatic N) is 2. The summed E-state index contributed by atoms with van der Waals surface area (Å²) in [6.07, 6.45) is 4.05. The molecule has 1 saturated heterocycles. The highest BCUT2D eigenvalue weighted by Crippen LogP contribution is 2.21. The van der Waals surface area contributed by atoms with Crippen LogP contribution in [0.15, 0.2) is 66.9 Å². The molecule has 2 heterocycles. The van der Waals surface area contributed by atoms with Gasteiger partial charge in [-0.25, -0.2) is 4.39 Å². The molecule has 5 heteroatoms. The van der Waals surface area contributed by atoms with E-state index in [0.29, 0.717) is 38.0 Å². The zero-order valence-electron chi connectivity index (χ0n) is 16.8. The van der Waals surface area contributed by atoms with Gasteiger partial charge in [0.05, 0.1) is 5.92 Å². The van der Waals surface area contributed by atoms with E-state index < -0.39 is 5.97 Å². The van der Waals surface area contributed by atoms with E-state index in [0.717, 1.165) is 23.2 Å². The van der Waals surface area contributed by atoms with Crippen LogP contribution in [0.25, 0.3) is 0 Å². The Kier molecular flexibility index (Phi) is 6.19. The smallest absolute Gasteiger partial charge is 0.309 e. The highest BCUT2D eigenvalue weighted by atomic mass is 19.1. The fraction of sp³-hybridized carbons (Fsp3) is 0.280. The molecule has 4 nitrogen and oxygen atoms in total. The Labute approximate surface area is 176 Å². The molecule has 3 aromatic rings. The van der Waals surface area contributed by atoms with Gasteiger partial charge >= 0.3 is 5.97 Å². The van der Waals surface area contributed by atoms with E-state index in [9.17, 15) is 9.18 Å². The molecule has 0 atom stereocenters. The van der Waals surface area contributed by atoms with Crippen molar-refractivity contribution in [1.29, 1.82) is 0 Å². The maximum Gasteiger partial charge on any atom is 0.309 e. The highest BCUT2D eigenvalue weighted by Gasteiger charge is 2.32. The van der Waals surface area contributed by atoms with Crippen molar-refractivity contribution in [2.24, 2.45) is 5.92 Å². The third kappa shape index (κ3) is 5.10. The van der Waals surface area contributed by atoms with Gasteiger partial charge in [0.2, 0.25) is 0 Å². The lowest BCUT2D eigenvalue weighted by Gasteiger charge is -2.36. The van der Waals surface area contributed by atoms with Crippen LogP contribution in [-0.2, 0) is 30.6 Å². The number of likely N-dealkylation sites (tertiary alicyclic amines) is 1. The van der Waals surface area contributed by atoms with Crippen molar-refractivity contribution in [1.82, 2.24) is 9.88 Å². The maximum absolute atomic E-state index is 14.5. The third-order valence-electron chi connectivity index (χ3n) is 5.62. The second-order valence-electron chi connectivity index (χ2n) is 7.98. The Morgan fingerprint density at radius 2 is 1.77 bits per heavy atom. The number of pyridine rings is 1. The van der Waals surface area contributed by atoms with Crippen molar-refractivity contribution in [3.05, 3.63) is 101 Å². The van der Waals surface area contributed by atoms with Crippen LogP contribution in [0.4, 0.5) is 4.39 Å². The molecule has 4 rings (SSSR count). The Hall–Kier alpha value is -3.05. The van der Waals surface area contributed by atoms with E-state index in [1.54, 1.807) is 6.07 Å². The Morgan fingerprint density at radius 1 is 1.00 bits per heavy atom. The first-order valence-electron chi connectivity index (χ1n) is 10.3. The standard InChI is InChI=1S/C25H25FN2O2/c26-24-13-20(15-28-16-22(17-28)25(29)30)6-8-21(24)9-11-23-10-7-19(14-27-23)12-18-4-2-1-3-5-18/h1-8,10,13-14,22H,9,11-12,15-17H2,(H,29,30). The van der Waals surface area contributed by atoms with Crippen LogP contribution in [0.2, 0.25) is 0 Å². The number of aryl methyl sites for hydroxylation is 2. The van der Waals surface area contributed by atoms with E-state index in [4.69, 9.17) is 5.11 Å². The minimum absolute atomic E-state index is 0.205. The van der Waals surface area contributed by atoms with Crippen molar-refractivity contribution in [3.8, 4) is 0 Å². The summed E-state index contributed by atoms with van der Waals surface area (Å²) < 4.78 is 14.5. The molecule has 2 aromatic carbocycles. The van der Waals surface area contributed by atoms with Crippen molar-refractivity contribution < 1.29 is 14.3 Å². The number of aliphatic carboxylic acids is 1. The maximum atomic E-state index is 14.5. The summed E-state index contributed by atoms with van der Waals surface area (Å²) >= 11 is 0. The predicted octanol–water partition coefficient (Wildman–Crippen LogP) is 4.11. The van der Waals surface area contributed by atoms with Crippen LogP contribution in [0, 0.1) is 11.7 Å². The first kappa shape index (κ1) is 20.2. The van der Waals surface area contributed by atoms with Gasteiger partial charge in [0.15, 0.2) is 0 Å². The molecule has 30 heavy (non-hydrogen) atoms. The molecule has 0 unspecified atom stereocenters. The van der Waals surface area contributed by atoms with E-state index in [1.807, 2.05) is 47.5 Å². The highest BCUT2D eigenvalue weighted by molar-refractivity contribution is 5.71. The third-order valence-corrected chi connectivity index (χ3v) is 5.62. The Bertz CT molecular complexity index is 999. The van der Waals surface area contributed by atoms with Crippen LogP contribution in [0.1, 0.15) is 27.9 Å². The first-order valence-corrected chi connectivity index (χ1v) is 10.3. The van der Waals surface area contributed by atoms with Crippen molar-refractivity contribution in [2.45, 2.75) is 25.8 Å². The summed E-state index contributed by atoms with van der Waals surface area (Å²) in [5, 5.41) is 8.94. The molecule has 1 N–H and O–H groups in total. The quantitative estimate of drug-likeness (QED) is 0.614. The molecule has 0 aliphatic carbocycles. The van der Waals surface area contributed by atoms with E-state index >= 15 is 0 Å². The molecule has 154 valence electrons. The number of aromatic nitrogens is 1. The molecule has 1 aliphatic rings. The minimum Gasteiger partial charge on any atom is -0.481 e. The molecule has 0 radical (unpaired) electrons. The van der Waals surface area contributed by atoms with Crippen molar-refractivity contribution >= 4 is 5.97 Å². The fourth-order valence-electron chi connectivity index (χ4n) is 3.81. The van der Waals surface area contributed by atoms with Crippen molar-refractivity contribution in [2.75, 3.05) is 13.1 Å². The van der Waals surface area contributed by atoms with Crippen LogP contribution in [0.5, 0.6) is 0 Å². The average Bonchev–Trinajstić information content (AvgIpc) is 2.71. The number of hydrogen-bond donors (Lipinski definition) is 1. The lowest BCUT2D eigenvalue weighted by atomic mass is 9.99. The molecule has 1 fully saturated rings. The molecule has 0 saturated carbocycles. The molecule has 0 spiro atoms. The number of carbonyl (C=O) groups is 1.